The van der Waals surface area contributed by atoms with Crippen LogP contribution in [0.3, 0.4) is 0 Å². The van der Waals surface area contributed by atoms with Crippen molar-refractivity contribution in [2.75, 3.05) is 27.2 Å². The van der Waals surface area contributed by atoms with Crippen molar-refractivity contribution < 1.29 is 24.6 Å². The first-order chi connectivity index (χ1) is 16.3. The molecule has 0 aromatic heterocycles. The Morgan fingerprint density at radius 2 is 0.971 bits per heavy atom. The Morgan fingerprint density at radius 3 is 1.32 bits per heavy atom. The van der Waals surface area contributed by atoms with E-state index in [-0.39, 0.29) is 18.7 Å². The van der Waals surface area contributed by atoms with Crippen LogP contribution in [0.15, 0.2) is 0 Å². The van der Waals surface area contributed by atoms with Gasteiger partial charge in [0, 0.05) is 13.0 Å². The molecule has 7 nitrogen and oxygen atoms in total. The molecule has 0 saturated heterocycles. The fourth-order valence-corrected chi connectivity index (χ4v) is 3.58. The third kappa shape index (κ3) is 35.0. The third-order valence-corrected chi connectivity index (χ3v) is 5.66. The summed E-state index contributed by atoms with van der Waals surface area (Å²) in [6.07, 6.45) is 21.7. The minimum atomic E-state index is -1.08. The topological polar surface area (TPSA) is 107 Å². The van der Waals surface area contributed by atoms with Crippen molar-refractivity contribution in [3.05, 3.63) is 0 Å². The number of rotatable bonds is 23. The molecule has 0 aromatic carbocycles. The molecule has 0 aliphatic heterocycles. The van der Waals surface area contributed by atoms with Gasteiger partial charge in [0.25, 0.3) is 0 Å². The smallest absolute Gasteiger partial charge is 0.303 e. The zero-order valence-corrected chi connectivity index (χ0v) is 22.4. The highest BCUT2D eigenvalue weighted by Gasteiger charge is 2.01. The number of nitrogens with one attached hydrogen (secondary N) is 1. The number of hydrogen-bond donors (Lipinski definition) is 3. The highest BCUT2D eigenvalue weighted by Crippen LogP contribution is 2.13. The van der Waals surface area contributed by atoms with E-state index in [4.69, 9.17) is 10.2 Å². The Bertz CT molecular complexity index is 470. The SMILES string of the molecule is CCCCCCCCCCCCCCCCCC(=O)NCCCN(C)C.O=C(O)CCC(=O)O. The molecule has 0 spiro atoms. The lowest BCUT2D eigenvalue weighted by Gasteiger charge is -2.09. The second-order valence-corrected chi connectivity index (χ2v) is 9.49. The zero-order chi connectivity index (χ0) is 25.9. The van der Waals surface area contributed by atoms with Gasteiger partial charge in [0.1, 0.15) is 0 Å². The van der Waals surface area contributed by atoms with Crippen LogP contribution >= 0.6 is 0 Å². The van der Waals surface area contributed by atoms with Crippen molar-refractivity contribution in [2.24, 2.45) is 0 Å². The molecule has 0 bridgehead atoms. The Morgan fingerprint density at radius 1 is 0.588 bits per heavy atom. The van der Waals surface area contributed by atoms with Crippen LogP contribution < -0.4 is 5.32 Å². The van der Waals surface area contributed by atoms with E-state index in [1.54, 1.807) is 0 Å². The third-order valence-electron chi connectivity index (χ3n) is 5.66. The maximum Gasteiger partial charge on any atom is 0.303 e. The van der Waals surface area contributed by atoms with E-state index in [0.29, 0.717) is 6.42 Å². The number of nitrogens with zero attached hydrogens (tertiary/aromatic N) is 1. The van der Waals surface area contributed by atoms with Crippen molar-refractivity contribution >= 4 is 17.8 Å². The van der Waals surface area contributed by atoms with Gasteiger partial charge in [0.15, 0.2) is 0 Å². The molecule has 0 rings (SSSR count). The van der Waals surface area contributed by atoms with Crippen molar-refractivity contribution in [2.45, 2.75) is 129 Å². The van der Waals surface area contributed by atoms with Gasteiger partial charge in [0.05, 0.1) is 12.8 Å². The average molecular weight is 487 g/mol. The van der Waals surface area contributed by atoms with Gasteiger partial charge >= 0.3 is 11.9 Å². The molecule has 7 heteroatoms. The van der Waals surface area contributed by atoms with Crippen molar-refractivity contribution in [3.63, 3.8) is 0 Å². The van der Waals surface area contributed by atoms with E-state index >= 15 is 0 Å². The number of unbranched alkanes of at least 4 members (excludes halogenated alkanes) is 14. The molecule has 1 amide bonds. The van der Waals surface area contributed by atoms with Crippen molar-refractivity contribution in [1.29, 1.82) is 0 Å². The van der Waals surface area contributed by atoms with Crippen molar-refractivity contribution in [3.8, 4) is 0 Å². The Kier molecular flexibility index (Phi) is 28.0. The summed E-state index contributed by atoms with van der Waals surface area (Å²) < 4.78 is 0. The van der Waals surface area contributed by atoms with Gasteiger partial charge in [0.2, 0.25) is 5.91 Å². The molecular formula is C27H54N2O5. The lowest BCUT2D eigenvalue weighted by atomic mass is 10.0. The van der Waals surface area contributed by atoms with Crippen LogP contribution in [0.25, 0.3) is 0 Å². The number of aliphatic carboxylic acids is 2. The minimum absolute atomic E-state index is 0.235. The van der Waals surface area contributed by atoms with Gasteiger partial charge in [-0.25, -0.2) is 0 Å². The summed E-state index contributed by atoms with van der Waals surface area (Å²) >= 11 is 0. The fourth-order valence-electron chi connectivity index (χ4n) is 3.58. The molecular weight excluding hydrogens is 432 g/mol. The predicted molar refractivity (Wildman–Crippen MR) is 140 cm³/mol. The summed E-state index contributed by atoms with van der Waals surface area (Å²) in [5, 5.41) is 18.8. The van der Waals surface area contributed by atoms with E-state index in [2.05, 4.69) is 31.2 Å². The van der Waals surface area contributed by atoms with Gasteiger partial charge < -0.3 is 20.4 Å². The quantitative estimate of drug-likeness (QED) is 0.147. The molecule has 34 heavy (non-hydrogen) atoms. The number of carboxylic acid groups (broad SMARTS) is 2. The normalized spacial score (nSPS) is 10.6. The highest BCUT2D eigenvalue weighted by molar-refractivity contribution is 5.75. The summed E-state index contributed by atoms with van der Waals surface area (Å²) in [4.78, 5) is 33.1. The van der Waals surface area contributed by atoms with Gasteiger partial charge in [-0.05, 0) is 33.5 Å². The van der Waals surface area contributed by atoms with Crippen LogP contribution in [0.1, 0.15) is 129 Å². The Hall–Kier alpha value is -1.63. The Labute approximate surface area is 209 Å². The minimum Gasteiger partial charge on any atom is -0.481 e. The number of hydrogen-bond acceptors (Lipinski definition) is 4. The molecule has 0 atom stereocenters. The second-order valence-electron chi connectivity index (χ2n) is 9.49. The molecule has 0 fully saturated rings. The lowest BCUT2D eigenvalue weighted by Crippen LogP contribution is -2.26. The number of amides is 1. The first-order valence-corrected chi connectivity index (χ1v) is 13.6. The van der Waals surface area contributed by atoms with Gasteiger partial charge in [-0.3, -0.25) is 14.4 Å². The molecule has 0 aliphatic rings. The van der Waals surface area contributed by atoms with Gasteiger partial charge in [-0.2, -0.15) is 0 Å². The summed E-state index contributed by atoms with van der Waals surface area (Å²) in [7, 11) is 4.13. The largest absolute Gasteiger partial charge is 0.481 e. The first-order valence-electron chi connectivity index (χ1n) is 13.6. The summed E-state index contributed by atoms with van der Waals surface area (Å²) in [6, 6.07) is 0. The molecule has 3 N–H and O–H groups in total. The van der Waals surface area contributed by atoms with Crippen LogP contribution in [0.2, 0.25) is 0 Å². The number of carboxylic acids is 2. The zero-order valence-electron chi connectivity index (χ0n) is 22.4. The van der Waals surface area contributed by atoms with Crippen LogP contribution in [-0.2, 0) is 14.4 Å². The van der Waals surface area contributed by atoms with E-state index < -0.39 is 11.9 Å². The van der Waals surface area contributed by atoms with Crippen molar-refractivity contribution in [1.82, 2.24) is 10.2 Å². The maximum atomic E-state index is 11.7. The highest BCUT2D eigenvalue weighted by atomic mass is 16.4. The molecule has 0 saturated carbocycles. The van der Waals surface area contributed by atoms with Crippen LogP contribution in [-0.4, -0.2) is 60.1 Å². The van der Waals surface area contributed by atoms with Gasteiger partial charge in [-0.15, -0.1) is 0 Å². The molecule has 202 valence electrons. The van der Waals surface area contributed by atoms with Crippen LogP contribution in [0.5, 0.6) is 0 Å². The van der Waals surface area contributed by atoms with Gasteiger partial charge in [-0.1, -0.05) is 96.8 Å². The average Bonchev–Trinajstić information content (AvgIpc) is 2.78. The molecule has 0 heterocycles. The standard InChI is InChI=1S/C23H48N2O.C4H6O4/c1-4-5-6-7-8-9-10-11-12-13-14-15-16-17-18-20-23(26)24-21-19-22-25(2)3;5-3(6)1-2-4(7)8/h4-22H2,1-3H3,(H,24,26);1-2H2,(H,5,6)(H,7,8). The maximum absolute atomic E-state index is 11.7. The lowest BCUT2D eigenvalue weighted by molar-refractivity contribution is -0.143. The Balaban J connectivity index is 0. The monoisotopic (exact) mass is 486 g/mol. The molecule has 0 unspecified atom stereocenters. The first kappa shape index (κ1) is 34.5. The van der Waals surface area contributed by atoms with E-state index in [1.807, 2.05) is 0 Å². The van der Waals surface area contributed by atoms with Crippen LogP contribution in [0.4, 0.5) is 0 Å². The van der Waals surface area contributed by atoms with Crippen LogP contribution in [0, 0.1) is 0 Å². The molecule has 0 radical (unpaired) electrons. The predicted octanol–water partition coefficient (Wildman–Crippen LogP) is 6.25. The number of carbonyl (C=O) groups is 3. The summed E-state index contributed by atoms with van der Waals surface area (Å²) in [5.74, 6) is -1.92. The second kappa shape index (κ2) is 27.6. The van der Waals surface area contributed by atoms with E-state index in [0.717, 1.165) is 25.9 Å². The fraction of sp³-hybridized carbons (Fsp3) is 0.889. The number of carbonyl (C=O) groups excluding carboxylic acids is 1. The molecule has 0 aromatic rings. The van der Waals surface area contributed by atoms with E-state index in [9.17, 15) is 14.4 Å². The summed E-state index contributed by atoms with van der Waals surface area (Å²) in [5.41, 5.74) is 0. The molecule has 0 aliphatic carbocycles. The van der Waals surface area contributed by atoms with E-state index in [1.165, 1.54) is 89.9 Å². The summed E-state index contributed by atoms with van der Waals surface area (Å²) in [6.45, 7) is 4.14.